The number of esters is 2. The summed E-state index contributed by atoms with van der Waals surface area (Å²) in [5.41, 5.74) is 0. The zero-order valence-corrected chi connectivity index (χ0v) is 13.6. The van der Waals surface area contributed by atoms with Gasteiger partial charge in [-0.2, -0.15) is 17.6 Å². The molecule has 8 nitrogen and oxygen atoms in total. The number of aliphatic hydroxyl groups is 1. The first kappa shape index (κ1) is 19.3. The Morgan fingerprint density at radius 1 is 1.31 bits per heavy atom. The third kappa shape index (κ3) is 2.59. The lowest BCUT2D eigenvalue weighted by Crippen LogP contribution is -2.47. The molecule has 2 aliphatic carbocycles. The number of ether oxygens (including phenoxy) is 2. The maximum absolute atomic E-state index is 13.3. The highest BCUT2D eigenvalue weighted by Gasteiger charge is 2.68. The van der Waals surface area contributed by atoms with Crippen molar-refractivity contribution in [2.45, 2.75) is 36.2 Å². The monoisotopic (exact) mass is 405 g/mol. The van der Waals surface area contributed by atoms with Gasteiger partial charge in [0, 0.05) is 11.8 Å². The molecule has 3 aliphatic rings. The van der Waals surface area contributed by atoms with Crippen LogP contribution in [0.5, 0.6) is 0 Å². The smallest absolute Gasteiger partial charge is 0.396 e. The molecule has 3 rings (SSSR count). The highest BCUT2D eigenvalue weighted by molar-refractivity contribution is 7.86. The topological polar surface area (TPSA) is 130 Å². The van der Waals surface area contributed by atoms with Crippen LogP contribution in [0.15, 0.2) is 0 Å². The molecule has 3 fully saturated rings. The lowest BCUT2D eigenvalue weighted by molar-refractivity contribution is -0.178. The largest absolute Gasteiger partial charge is 0.743 e. The van der Waals surface area contributed by atoms with Gasteiger partial charge in [0.2, 0.25) is 0 Å². The Balaban J connectivity index is 1.63. The average molecular weight is 405 g/mol. The van der Waals surface area contributed by atoms with Crippen molar-refractivity contribution in [3.05, 3.63) is 0 Å². The second kappa shape index (κ2) is 5.76. The summed E-state index contributed by atoms with van der Waals surface area (Å²) in [6, 6.07) is 0. The van der Waals surface area contributed by atoms with E-state index in [9.17, 15) is 45.2 Å². The minimum atomic E-state index is -6.62. The van der Waals surface area contributed by atoms with E-state index in [0.29, 0.717) is 6.42 Å². The van der Waals surface area contributed by atoms with Crippen molar-refractivity contribution in [1.29, 1.82) is 0 Å². The Hall–Kier alpha value is -1.47. The lowest BCUT2D eigenvalue weighted by Gasteiger charge is -2.29. The Kier molecular flexibility index (Phi) is 4.28. The predicted octanol–water partition coefficient (Wildman–Crippen LogP) is -0.139. The molecular formula is C13H13F4O8S-. The third-order valence-electron chi connectivity index (χ3n) is 5.25. The van der Waals surface area contributed by atoms with Crippen LogP contribution in [0.25, 0.3) is 0 Å². The number of hydrogen-bond acceptors (Lipinski definition) is 8. The van der Waals surface area contributed by atoms with Gasteiger partial charge in [0.1, 0.15) is 6.10 Å². The van der Waals surface area contributed by atoms with Gasteiger partial charge in [-0.1, -0.05) is 0 Å². The standard InChI is InChI=1S/C13H14F4O8S/c14-12(15,13(16,17)26(21,22)23)1-2-24-10(19)6-4-3-5-7(6)11(20)25-9(5)8(4)18/h4-9,18H,1-3H2,(H,21,22,23)/p-1. The van der Waals surface area contributed by atoms with Crippen LogP contribution >= 0.6 is 0 Å². The number of fused-ring (bicyclic) bond motifs is 1. The van der Waals surface area contributed by atoms with Gasteiger partial charge in [0.05, 0.1) is 31.0 Å². The van der Waals surface area contributed by atoms with Crippen LogP contribution in [-0.2, 0) is 29.2 Å². The van der Waals surface area contributed by atoms with E-state index in [-0.39, 0.29) is 0 Å². The maximum atomic E-state index is 13.3. The molecule has 1 N–H and O–H groups in total. The number of halogens is 4. The fourth-order valence-corrected chi connectivity index (χ4v) is 4.51. The molecule has 6 unspecified atom stereocenters. The molecule has 1 saturated heterocycles. The van der Waals surface area contributed by atoms with E-state index in [0.717, 1.165) is 0 Å². The fourth-order valence-electron chi connectivity index (χ4n) is 4.04. The van der Waals surface area contributed by atoms with Gasteiger partial charge in [0.15, 0.2) is 10.1 Å². The van der Waals surface area contributed by atoms with Crippen molar-refractivity contribution >= 4 is 22.1 Å². The highest BCUT2D eigenvalue weighted by Crippen LogP contribution is 2.58. The molecule has 6 atom stereocenters. The van der Waals surface area contributed by atoms with Gasteiger partial charge in [-0.3, -0.25) is 9.59 Å². The number of hydrogen-bond donors (Lipinski definition) is 1. The van der Waals surface area contributed by atoms with E-state index in [4.69, 9.17) is 4.74 Å². The summed E-state index contributed by atoms with van der Waals surface area (Å²) < 4.78 is 92.9. The third-order valence-corrected chi connectivity index (χ3v) is 6.17. The Morgan fingerprint density at radius 3 is 2.50 bits per heavy atom. The maximum Gasteiger partial charge on any atom is 0.396 e. The van der Waals surface area contributed by atoms with Crippen LogP contribution < -0.4 is 0 Å². The molecule has 0 aromatic rings. The first-order valence-corrected chi connectivity index (χ1v) is 8.96. The lowest BCUT2D eigenvalue weighted by atomic mass is 9.78. The van der Waals surface area contributed by atoms with E-state index in [1.165, 1.54) is 0 Å². The molecule has 1 aliphatic heterocycles. The number of carbonyl (C=O) groups is 2. The SMILES string of the molecule is O=C(OCCC(F)(F)C(F)(F)S(=O)(=O)[O-])C1C2CC3C(OC(=O)C31)C2O. The number of aliphatic hydroxyl groups excluding tert-OH is 1. The normalized spacial score (nSPS) is 36.3. The number of rotatable bonds is 6. The van der Waals surface area contributed by atoms with Crippen molar-refractivity contribution in [3.63, 3.8) is 0 Å². The molecule has 2 bridgehead atoms. The molecule has 0 spiro atoms. The first-order chi connectivity index (χ1) is 11.8. The average Bonchev–Trinajstić information content (AvgIpc) is 3.09. The molecule has 148 valence electrons. The minimum Gasteiger partial charge on any atom is -0.743 e. The zero-order valence-electron chi connectivity index (χ0n) is 12.8. The summed E-state index contributed by atoms with van der Waals surface area (Å²) in [7, 11) is -6.62. The Morgan fingerprint density at radius 2 is 1.92 bits per heavy atom. The van der Waals surface area contributed by atoms with Gasteiger partial charge in [0.25, 0.3) is 0 Å². The second-order valence-electron chi connectivity index (χ2n) is 6.60. The van der Waals surface area contributed by atoms with Crippen LogP contribution in [0, 0.1) is 23.7 Å². The summed E-state index contributed by atoms with van der Waals surface area (Å²) in [5.74, 6) is -10.3. The van der Waals surface area contributed by atoms with Gasteiger partial charge in [-0.15, -0.1) is 0 Å². The molecule has 13 heteroatoms. The van der Waals surface area contributed by atoms with Crippen molar-refractivity contribution in [2.24, 2.45) is 23.7 Å². The molecule has 0 amide bonds. The van der Waals surface area contributed by atoms with E-state index in [1.807, 2.05) is 0 Å². The van der Waals surface area contributed by atoms with Gasteiger partial charge >= 0.3 is 23.1 Å². The summed E-state index contributed by atoms with van der Waals surface area (Å²) in [6.45, 7) is -1.30. The fraction of sp³-hybridized carbons (Fsp3) is 0.846. The molecular weight excluding hydrogens is 392 g/mol. The molecule has 0 aromatic carbocycles. The molecule has 0 radical (unpaired) electrons. The molecule has 1 heterocycles. The summed E-state index contributed by atoms with van der Waals surface area (Å²) in [4.78, 5) is 23.9. The van der Waals surface area contributed by atoms with Crippen LogP contribution in [0.2, 0.25) is 0 Å². The molecule has 0 aromatic heterocycles. The van der Waals surface area contributed by atoms with Crippen molar-refractivity contribution in [1.82, 2.24) is 0 Å². The van der Waals surface area contributed by atoms with Gasteiger partial charge < -0.3 is 19.1 Å². The van der Waals surface area contributed by atoms with E-state index >= 15 is 0 Å². The van der Waals surface area contributed by atoms with Crippen molar-refractivity contribution in [3.8, 4) is 0 Å². The van der Waals surface area contributed by atoms with E-state index < -0.39 is 82.1 Å². The number of alkyl halides is 4. The highest BCUT2D eigenvalue weighted by atomic mass is 32.2. The summed E-state index contributed by atoms with van der Waals surface area (Å²) in [6.07, 6.45) is -3.46. The van der Waals surface area contributed by atoms with Crippen LogP contribution in [0.1, 0.15) is 12.8 Å². The van der Waals surface area contributed by atoms with Crippen LogP contribution in [0.3, 0.4) is 0 Å². The summed E-state index contributed by atoms with van der Waals surface area (Å²) in [5, 5.41) is 4.12. The minimum absolute atomic E-state index is 0.296. The van der Waals surface area contributed by atoms with Crippen LogP contribution in [0.4, 0.5) is 17.6 Å². The second-order valence-corrected chi connectivity index (χ2v) is 8.02. The van der Waals surface area contributed by atoms with E-state index in [1.54, 1.807) is 0 Å². The Labute approximate surface area is 144 Å². The van der Waals surface area contributed by atoms with Gasteiger partial charge in [-0.25, -0.2) is 8.42 Å². The van der Waals surface area contributed by atoms with Crippen molar-refractivity contribution < 1.29 is 54.7 Å². The van der Waals surface area contributed by atoms with Crippen molar-refractivity contribution in [2.75, 3.05) is 6.61 Å². The van der Waals surface area contributed by atoms with Gasteiger partial charge in [-0.05, 0) is 6.42 Å². The Bertz CT molecular complexity index is 738. The molecule has 26 heavy (non-hydrogen) atoms. The zero-order chi connectivity index (χ0) is 19.7. The molecule has 2 saturated carbocycles. The number of carbonyl (C=O) groups excluding carboxylic acids is 2. The first-order valence-electron chi connectivity index (χ1n) is 7.56. The quantitative estimate of drug-likeness (QED) is 0.367. The van der Waals surface area contributed by atoms with E-state index in [2.05, 4.69) is 4.74 Å². The predicted molar refractivity (Wildman–Crippen MR) is 69.6 cm³/mol. The summed E-state index contributed by atoms with van der Waals surface area (Å²) >= 11 is 0. The van der Waals surface area contributed by atoms with Crippen LogP contribution in [-0.4, -0.2) is 60.0 Å².